The van der Waals surface area contributed by atoms with Crippen molar-refractivity contribution in [1.29, 1.82) is 0 Å². The molecule has 16 heteroatoms. The molecule has 77 heavy (non-hydrogen) atoms. The summed E-state index contributed by atoms with van der Waals surface area (Å²) >= 11 is 0. The van der Waals surface area contributed by atoms with Crippen LogP contribution in [-0.4, -0.2) is 172 Å². The van der Waals surface area contributed by atoms with E-state index in [1.54, 1.807) is 6.33 Å². The van der Waals surface area contributed by atoms with Crippen molar-refractivity contribution in [2.24, 2.45) is 29.6 Å². The molecular formula is C61H111N15O. The minimum absolute atomic E-state index is 0.233. The predicted octanol–water partition coefficient (Wildman–Crippen LogP) is 9.67. The number of hydrogen-bond donors (Lipinski definition) is 0. The first-order valence-corrected chi connectivity index (χ1v) is 29.9. The van der Waals surface area contributed by atoms with Gasteiger partial charge in [-0.3, -0.25) is 29.4 Å². The summed E-state index contributed by atoms with van der Waals surface area (Å²) in [6, 6.07) is 0.625. The summed E-state index contributed by atoms with van der Waals surface area (Å²) < 4.78 is 14.5. The lowest BCUT2D eigenvalue weighted by Gasteiger charge is -2.50. The van der Waals surface area contributed by atoms with Crippen LogP contribution in [-0.2, 0) is 57.1 Å². The molecule has 10 rings (SSSR count). The van der Waals surface area contributed by atoms with Crippen molar-refractivity contribution in [3.63, 3.8) is 0 Å². The first-order valence-electron chi connectivity index (χ1n) is 29.9. The fraction of sp³-hybridized carbons (Fsp3) is 0.820. The van der Waals surface area contributed by atoms with E-state index in [4.69, 9.17) is 4.74 Å². The Morgan fingerprint density at radius 1 is 0.455 bits per heavy atom. The van der Waals surface area contributed by atoms with E-state index in [0.29, 0.717) is 41.2 Å². The monoisotopic (exact) mass is 1070 g/mol. The van der Waals surface area contributed by atoms with Crippen LogP contribution >= 0.6 is 0 Å². The van der Waals surface area contributed by atoms with Gasteiger partial charge < -0.3 is 18.4 Å². The molecular weight excluding hydrogens is 959 g/mol. The highest BCUT2D eigenvalue weighted by atomic mass is 16.5. The molecule has 436 valence electrons. The first-order chi connectivity index (χ1) is 36.0. The van der Waals surface area contributed by atoms with Crippen molar-refractivity contribution in [1.82, 2.24) is 72.8 Å². The molecule has 2 saturated heterocycles. The fourth-order valence-corrected chi connectivity index (χ4v) is 10.9. The third-order valence-corrected chi connectivity index (χ3v) is 20.7. The van der Waals surface area contributed by atoms with Gasteiger partial charge in [-0.1, -0.05) is 69.2 Å². The van der Waals surface area contributed by atoms with Crippen molar-refractivity contribution >= 4 is 0 Å². The van der Waals surface area contributed by atoms with Gasteiger partial charge in [0.15, 0.2) is 0 Å². The second kappa shape index (κ2) is 25.9. The number of aromatic nitrogens is 9. The molecule has 0 aromatic carbocycles. The molecule has 2 fully saturated rings. The standard InChI is InChI=1S/C13H23N3.C13H26N2O.2C12H21N3.C11H20N4/c1-10(2)13(4,5)15-6-7-16-11(3)8-14-12(16)9-15;1-11(2)13(3,4)15-6-5-14-7-8-16-10-12(14)9-15;2*1-10(2)12(3,4)15-8-7-14-6-5-13-11(14)9-15;1-9(2)11(3,4)14-5-6-15-10(7-14)12-8-13-15/h8,10H,6-7,9H2,1-5H3;11-12H,5-10H2,1-4H3;2*5-6,10H,7-9H2,1-4H3;8-9H,5-7H2,1-4H3. The van der Waals surface area contributed by atoms with Crippen LogP contribution in [0.1, 0.15) is 167 Å². The first kappa shape index (κ1) is 62.7. The summed E-state index contributed by atoms with van der Waals surface area (Å²) in [5, 5.41) is 4.20. The summed E-state index contributed by atoms with van der Waals surface area (Å²) in [5.41, 5.74) is 2.61. The molecule has 4 aromatic rings. The largest absolute Gasteiger partial charge is 0.378 e. The van der Waals surface area contributed by atoms with Gasteiger partial charge in [0.25, 0.3) is 0 Å². The van der Waals surface area contributed by atoms with E-state index in [-0.39, 0.29) is 22.2 Å². The van der Waals surface area contributed by atoms with Crippen molar-refractivity contribution in [2.75, 3.05) is 65.6 Å². The average Bonchev–Trinajstić information content (AvgIpc) is 4.24. The zero-order valence-electron chi connectivity index (χ0n) is 52.8. The van der Waals surface area contributed by atoms with Gasteiger partial charge in [0.1, 0.15) is 29.6 Å². The molecule has 0 amide bonds. The number of imidazole rings is 3. The SMILES string of the molecule is CC(C)C(C)(C)N1CCN2CCOCC2C1.CC(C)C(C)(C)N1CCn2ccnc2C1.CC(C)C(C)(C)N1CCn2ccnc2C1.CC(C)C(C)(C)N1CCn2ncnc2C1.Cc1cnc2n1CCN(C(C)(C)C(C)C)C2. The molecule has 10 heterocycles. The summed E-state index contributed by atoms with van der Waals surface area (Å²) in [6.45, 7) is 67.6. The van der Waals surface area contributed by atoms with Gasteiger partial charge in [-0.05, 0) is 106 Å². The number of nitrogens with zero attached hydrogens (tertiary/aromatic N) is 15. The molecule has 0 radical (unpaired) electrons. The van der Waals surface area contributed by atoms with E-state index >= 15 is 0 Å². The molecule has 0 aliphatic carbocycles. The number of hydrogen-bond acceptors (Lipinski definition) is 12. The summed E-state index contributed by atoms with van der Waals surface area (Å²) in [4.78, 5) is 33.0. The molecule has 1 atom stereocenters. The van der Waals surface area contributed by atoms with E-state index in [0.717, 1.165) is 104 Å². The Morgan fingerprint density at radius 3 is 1.35 bits per heavy atom. The highest BCUT2D eigenvalue weighted by Crippen LogP contribution is 2.32. The second-order valence-corrected chi connectivity index (χ2v) is 27.4. The maximum Gasteiger partial charge on any atom is 0.141 e. The Hall–Kier alpha value is -3.51. The van der Waals surface area contributed by atoms with E-state index in [9.17, 15) is 0 Å². The van der Waals surface area contributed by atoms with Crippen molar-refractivity contribution in [3.05, 3.63) is 66.3 Å². The molecule has 16 nitrogen and oxygen atoms in total. The fourth-order valence-electron chi connectivity index (χ4n) is 10.9. The Balaban J connectivity index is 0.000000156. The highest BCUT2D eigenvalue weighted by Gasteiger charge is 2.39. The van der Waals surface area contributed by atoms with Crippen molar-refractivity contribution in [3.8, 4) is 0 Å². The van der Waals surface area contributed by atoms with Gasteiger partial charge in [-0.25, -0.2) is 24.6 Å². The molecule has 6 aliphatic rings. The van der Waals surface area contributed by atoms with Crippen LogP contribution in [0.15, 0.2) is 37.3 Å². The van der Waals surface area contributed by atoms with Crippen LogP contribution in [0.2, 0.25) is 0 Å². The zero-order chi connectivity index (χ0) is 56.8. The van der Waals surface area contributed by atoms with Crippen LogP contribution in [0, 0.1) is 36.5 Å². The second-order valence-electron chi connectivity index (χ2n) is 27.4. The zero-order valence-corrected chi connectivity index (χ0v) is 52.8. The molecule has 6 aliphatic heterocycles. The van der Waals surface area contributed by atoms with E-state index in [2.05, 4.69) is 226 Å². The molecule has 0 saturated carbocycles. The summed E-state index contributed by atoms with van der Waals surface area (Å²) in [7, 11) is 0. The van der Waals surface area contributed by atoms with Crippen LogP contribution < -0.4 is 0 Å². The topological polar surface area (TPSA) is 113 Å². The molecule has 0 spiro atoms. The lowest BCUT2D eigenvalue weighted by Crippen LogP contribution is -2.63. The van der Waals surface area contributed by atoms with Gasteiger partial charge in [-0.15, -0.1) is 0 Å². The summed E-state index contributed by atoms with van der Waals surface area (Å²) in [5.74, 6) is 8.06. The van der Waals surface area contributed by atoms with E-state index in [1.165, 1.54) is 42.8 Å². The van der Waals surface area contributed by atoms with E-state index < -0.39 is 0 Å². The minimum Gasteiger partial charge on any atom is -0.378 e. The van der Waals surface area contributed by atoms with Gasteiger partial charge in [0, 0.05) is 142 Å². The van der Waals surface area contributed by atoms with Gasteiger partial charge >= 0.3 is 0 Å². The van der Waals surface area contributed by atoms with Crippen molar-refractivity contribution in [2.45, 2.75) is 231 Å². The minimum atomic E-state index is 0.233. The third-order valence-electron chi connectivity index (χ3n) is 20.7. The van der Waals surface area contributed by atoms with Gasteiger partial charge in [-0.2, -0.15) is 5.10 Å². The maximum atomic E-state index is 5.59. The number of piperazine rings is 1. The lowest BCUT2D eigenvalue weighted by atomic mass is 9.87. The van der Waals surface area contributed by atoms with Crippen LogP contribution in [0.25, 0.3) is 0 Å². The molecule has 1 unspecified atom stereocenters. The Bertz CT molecular complexity index is 2230. The quantitative estimate of drug-likeness (QED) is 0.151. The van der Waals surface area contributed by atoms with Crippen molar-refractivity contribution < 1.29 is 4.74 Å². The number of aryl methyl sites for hydroxylation is 1. The van der Waals surface area contributed by atoms with Crippen LogP contribution in [0.5, 0.6) is 0 Å². The number of fused-ring (bicyclic) bond motifs is 5. The highest BCUT2D eigenvalue weighted by molar-refractivity contribution is 5.07. The molecule has 4 aromatic heterocycles. The third kappa shape index (κ3) is 14.9. The summed E-state index contributed by atoms with van der Waals surface area (Å²) in [6.07, 6.45) is 11.6. The van der Waals surface area contributed by atoms with Crippen LogP contribution in [0.4, 0.5) is 0 Å². The Kier molecular flexibility index (Phi) is 21.1. The van der Waals surface area contributed by atoms with Gasteiger partial charge in [0.05, 0.1) is 45.9 Å². The van der Waals surface area contributed by atoms with Crippen LogP contribution in [0.3, 0.4) is 0 Å². The smallest absolute Gasteiger partial charge is 0.141 e. The maximum absolute atomic E-state index is 5.59. The Labute approximate surface area is 468 Å². The average molecular weight is 1070 g/mol. The molecule has 0 bridgehead atoms. The Morgan fingerprint density at radius 2 is 0.870 bits per heavy atom. The predicted molar refractivity (Wildman–Crippen MR) is 315 cm³/mol. The van der Waals surface area contributed by atoms with E-state index in [1.807, 2.05) is 23.3 Å². The normalized spacial score (nSPS) is 20.5. The molecule has 0 N–H and O–H groups in total. The van der Waals surface area contributed by atoms with Gasteiger partial charge in [0.2, 0.25) is 0 Å². The number of morpholine rings is 1. The number of rotatable bonds is 10. The number of ether oxygens (including phenoxy) is 1. The lowest BCUT2D eigenvalue weighted by molar-refractivity contribution is -0.0721.